The number of carbonyl (C=O) groups is 1. The van der Waals surface area contributed by atoms with Gasteiger partial charge in [-0.2, -0.15) is 0 Å². The van der Waals surface area contributed by atoms with Crippen molar-refractivity contribution in [3.63, 3.8) is 0 Å². The van der Waals surface area contributed by atoms with Crippen LogP contribution in [0, 0.1) is 0 Å². The average Bonchev–Trinajstić information content (AvgIpc) is 3.07. The summed E-state index contributed by atoms with van der Waals surface area (Å²) in [4.78, 5) is 19.0. The molecular formula is C21H41N3O. The molecule has 0 saturated heterocycles. The number of carbonyl (C=O) groups excluding carboxylic acids is 1. The highest BCUT2D eigenvalue weighted by molar-refractivity contribution is 5.76. The van der Waals surface area contributed by atoms with Gasteiger partial charge >= 0.3 is 0 Å². The van der Waals surface area contributed by atoms with Gasteiger partial charge in [-0.15, -0.1) is 0 Å². The fourth-order valence-corrected chi connectivity index (χ4v) is 3.50. The molecule has 0 aromatic heterocycles. The van der Waals surface area contributed by atoms with Crippen LogP contribution in [0.1, 0.15) is 104 Å². The number of aliphatic imine (C=N–C) groups is 1. The summed E-state index contributed by atoms with van der Waals surface area (Å²) in [5, 5.41) is 3.16. The molecule has 0 fully saturated rings. The summed E-state index contributed by atoms with van der Waals surface area (Å²) < 4.78 is 0. The first-order valence-corrected chi connectivity index (χ1v) is 10.8. The Morgan fingerprint density at radius 3 is 2.28 bits per heavy atom. The van der Waals surface area contributed by atoms with E-state index in [0.29, 0.717) is 6.42 Å². The molecule has 0 radical (unpaired) electrons. The van der Waals surface area contributed by atoms with Gasteiger partial charge in [0.1, 0.15) is 6.17 Å². The van der Waals surface area contributed by atoms with Gasteiger partial charge in [0.05, 0.1) is 6.17 Å². The molecule has 1 heterocycles. The summed E-state index contributed by atoms with van der Waals surface area (Å²) >= 11 is 0. The first-order chi connectivity index (χ1) is 12.2. The Balaban J connectivity index is 2.05. The Hall–Kier alpha value is -0.900. The van der Waals surface area contributed by atoms with E-state index in [1.807, 2.05) is 6.21 Å². The largest absolute Gasteiger partial charge is 0.341 e. The second kappa shape index (κ2) is 14.3. The van der Waals surface area contributed by atoms with Gasteiger partial charge in [-0.05, 0) is 19.8 Å². The van der Waals surface area contributed by atoms with Crippen LogP contribution in [0.25, 0.3) is 0 Å². The summed E-state index contributed by atoms with van der Waals surface area (Å²) in [6.07, 6.45) is 18.1. The molecule has 1 aliphatic rings. The van der Waals surface area contributed by atoms with Crippen LogP contribution in [0.5, 0.6) is 0 Å². The molecule has 1 amide bonds. The van der Waals surface area contributed by atoms with Gasteiger partial charge in [0.2, 0.25) is 5.91 Å². The van der Waals surface area contributed by atoms with Gasteiger partial charge in [0.15, 0.2) is 0 Å². The van der Waals surface area contributed by atoms with E-state index < -0.39 is 0 Å². The first-order valence-electron chi connectivity index (χ1n) is 10.8. The van der Waals surface area contributed by atoms with E-state index in [1.54, 1.807) is 0 Å². The zero-order chi connectivity index (χ0) is 18.3. The van der Waals surface area contributed by atoms with Crippen molar-refractivity contribution in [1.29, 1.82) is 0 Å². The van der Waals surface area contributed by atoms with Crippen molar-refractivity contribution >= 4 is 12.1 Å². The lowest BCUT2D eigenvalue weighted by Crippen LogP contribution is -2.48. The van der Waals surface area contributed by atoms with Crippen molar-refractivity contribution in [2.45, 2.75) is 117 Å². The highest BCUT2D eigenvalue weighted by Gasteiger charge is 2.25. The van der Waals surface area contributed by atoms with E-state index in [4.69, 9.17) is 0 Å². The normalized spacial score (nSPS) is 18.6. The van der Waals surface area contributed by atoms with E-state index in [1.165, 1.54) is 64.2 Å². The van der Waals surface area contributed by atoms with Crippen LogP contribution < -0.4 is 5.32 Å². The lowest BCUT2D eigenvalue weighted by atomic mass is 10.1. The summed E-state index contributed by atoms with van der Waals surface area (Å²) in [6, 6.07) is 0. The topological polar surface area (TPSA) is 44.7 Å². The predicted molar refractivity (Wildman–Crippen MR) is 108 cm³/mol. The van der Waals surface area contributed by atoms with Crippen LogP contribution in [0.3, 0.4) is 0 Å². The molecule has 0 saturated carbocycles. The maximum Gasteiger partial charge on any atom is 0.221 e. The zero-order valence-electron chi connectivity index (χ0n) is 16.9. The zero-order valence-corrected chi connectivity index (χ0v) is 16.9. The van der Waals surface area contributed by atoms with Crippen LogP contribution in [0.15, 0.2) is 4.99 Å². The third-order valence-electron chi connectivity index (χ3n) is 5.14. The number of rotatable bonds is 15. The lowest BCUT2D eigenvalue weighted by Gasteiger charge is -2.30. The second-order valence-electron chi connectivity index (χ2n) is 7.47. The van der Waals surface area contributed by atoms with Gasteiger partial charge in [0.25, 0.3) is 0 Å². The molecule has 0 bridgehead atoms. The van der Waals surface area contributed by atoms with Crippen LogP contribution in [-0.2, 0) is 4.79 Å². The molecular weight excluding hydrogens is 310 g/mol. The molecule has 0 spiro atoms. The van der Waals surface area contributed by atoms with Crippen molar-refractivity contribution < 1.29 is 4.79 Å². The highest BCUT2D eigenvalue weighted by Crippen LogP contribution is 2.16. The molecule has 25 heavy (non-hydrogen) atoms. The molecule has 0 aliphatic carbocycles. The van der Waals surface area contributed by atoms with Gasteiger partial charge < -0.3 is 5.32 Å². The molecule has 1 aliphatic heterocycles. The van der Waals surface area contributed by atoms with E-state index in [9.17, 15) is 4.79 Å². The Morgan fingerprint density at radius 1 is 1.04 bits per heavy atom. The Labute approximate surface area is 155 Å². The fourth-order valence-electron chi connectivity index (χ4n) is 3.50. The molecule has 1 N–H and O–H groups in total. The third kappa shape index (κ3) is 9.98. The summed E-state index contributed by atoms with van der Waals surface area (Å²) in [6.45, 7) is 7.41. The smallest absolute Gasteiger partial charge is 0.221 e. The maximum atomic E-state index is 12.2. The molecule has 146 valence electrons. The molecule has 2 unspecified atom stereocenters. The number of unbranched alkanes of at least 4 members (excludes halogenated alkanes) is 9. The maximum absolute atomic E-state index is 12.2. The Morgan fingerprint density at radius 2 is 1.64 bits per heavy atom. The highest BCUT2D eigenvalue weighted by atomic mass is 16.1. The van der Waals surface area contributed by atoms with Crippen molar-refractivity contribution in [3.8, 4) is 0 Å². The van der Waals surface area contributed by atoms with Crippen molar-refractivity contribution in [1.82, 2.24) is 10.2 Å². The predicted octanol–water partition coefficient (Wildman–Crippen LogP) is 5.27. The van der Waals surface area contributed by atoms with Gasteiger partial charge in [-0.3, -0.25) is 14.7 Å². The van der Waals surface area contributed by atoms with Crippen LogP contribution in [0.4, 0.5) is 0 Å². The van der Waals surface area contributed by atoms with Gasteiger partial charge in [-0.1, -0.05) is 78.1 Å². The van der Waals surface area contributed by atoms with Crippen molar-refractivity contribution in [2.24, 2.45) is 4.99 Å². The minimum Gasteiger partial charge on any atom is -0.341 e. The molecule has 0 aromatic rings. The van der Waals surface area contributed by atoms with Crippen LogP contribution in [-0.4, -0.2) is 35.9 Å². The van der Waals surface area contributed by atoms with Gasteiger partial charge in [0, 0.05) is 19.2 Å². The number of nitrogens with zero attached hydrogens (tertiary/aromatic N) is 2. The average molecular weight is 352 g/mol. The van der Waals surface area contributed by atoms with E-state index >= 15 is 0 Å². The fraction of sp³-hybridized carbons (Fsp3) is 0.905. The monoisotopic (exact) mass is 351 g/mol. The van der Waals surface area contributed by atoms with Gasteiger partial charge in [-0.25, -0.2) is 0 Å². The van der Waals surface area contributed by atoms with E-state index in [0.717, 1.165) is 19.4 Å². The summed E-state index contributed by atoms with van der Waals surface area (Å²) in [5.41, 5.74) is 0. The van der Waals surface area contributed by atoms with Crippen molar-refractivity contribution in [3.05, 3.63) is 0 Å². The third-order valence-corrected chi connectivity index (χ3v) is 5.14. The number of hydrogen-bond acceptors (Lipinski definition) is 3. The molecule has 4 nitrogen and oxygen atoms in total. The minimum absolute atomic E-state index is 0.0791. The summed E-state index contributed by atoms with van der Waals surface area (Å²) in [7, 11) is 0. The quantitative estimate of drug-likeness (QED) is 0.408. The minimum atomic E-state index is 0.0791. The number of amides is 1. The molecule has 1 rings (SSSR count). The van der Waals surface area contributed by atoms with Crippen LogP contribution >= 0.6 is 0 Å². The van der Waals surface area contributed by atoms with Crippen molar-refractivity contribution in [2.75, 3.05) is 6.54 Å². The molecule has 2 atom stereocenters. The number of nitrogens with one attached hydrogen (secondary N) is 1. The first kappa shape index (κ1) is 22.1. The van der Waals surface area contributed by atoms with E-state index in [-0.39, 0.29) is 18.2 Å². The Kier molecular flexibility index (Phi) is 12.7. The van der Waals surface area contributed by atoms with Crippen LogP contribution in [0.2, 0.25) is 0 Å². The number of hydrogen-bond donors (Lipinski definition) is 1. The second-order valence-corrected chi connectivity index (χ2v) is 7.47. The molecule has 0 aromatic carbocycles. The lowest BCUT2D eigenvalue weighted by molar-refractivity contribution is -0.123. The molecule has 4 heteroatoms. The summed E-state index contributed by atoms with van der Waals surface area (Å²) in [5.74, 6) is 0.191. The standard InChI is InChI=1S/C21H41N3O/c1-4-6-8-9-10-11-12-13-14-16-21(25)23-19(3)24-18-17-22-20(24)15-7-5-2/h17,19-20H,4-16,18H2,1-3H3,(H,23,25). The van der Waals surface area contributed by atoms with E-state index in [2.05, 4.69) is 36.0 Å². The SMILES string of the molecule is CCCCCCCCCCCC(=O)NC(C)N1CC=NC1CCCC. The Bertz CT molecular complexity index is 370.